The number of amides is 1. The molecule has 0 radical (unpaired) electrons. The molecule has 0 fully saturated rings. The zero-order chi connectivity index (χ0) is 16.0. The van der Waals surface area contributed by atoms with Crippen LogP contribution < -0.4 is 5.32 Å². The van der Waals surface area contributed by atoms with Crippen LogP contribution in [0.5, 0.6) is 0 Å². The van der Waals surface area contributed by atoms with Crippen LogP contribution in [0.4, 0.5) is 0 Å². The van der Waals surface area contributed by atoms with Crippen molar-refractivity contribution in [2.24, 2.45) is 5.92 Å². The van der Waals surface area contributed by atoms with Gasteiger partial charge in [-0.3, -0.25) is 4.79 Å². The molecular weight excluding hydrogens is 307 g/mol. The number of hydrogen-bond acceptors (Lipinski definition) is 2. The lowest BCUT2D eigenvalue weighted by atomic mass is 9.87. The van der Waals surface area contributed by atoms with E-state index in [1.165, 1.54) is 0 Å². The lowest BCUT2D eigenvalue weighted by Gasteiger charge is -2.21. The molecule has 0 spiro atoms. The Bertz CT molecular complexity index is 475. The Morgan fingerprint density at radius 3 is 2.43 bits per heavy atom. The largest absolute Gasteiger partial charge is 0.356 e. The third-order valence-corrected chi connectivity index (χ3v) is 4.07. The number of nitrogens with one attached hydrogen (secondary N) is 1. The predicted molar refractivity (Wildman–Crippen MR) is 90.2 cm³/mol. The monoisotopic (exact) mass is 330 g/mol. The molecule has 3 nitrogen and oxygen atoms in total. The highest BCUT2D eigenvalue weighted by Crippen LogP contribution is 2.30. The van der Waals surface area contributed by atoms with E-state index in [1.54, 1.807) is 12.1 Å². The van der Waals surface area contributed by atoms with Crippen molar-refractivity contribution < 1.29 is 4.79 Å². The van der Waals surface area contributed by atoms with Crippen LogP contribution in [-0.4, -0.2) is 38.0 Å². The number of hydrogen-bond donors (Lipinski definition) is 1. The van der Waals surface area contributed by atoms with Crippen LogP contribution in [0.3, 0.4) is 0 Å². The van der Waals surface area contributed by atoms with E-state index in [2.05, 4.69) is 10.2 Å². The molecule has 0 aromatic heterocycles. The smallest absolute Gasteiger partial charge is 0.227 e. The Hall–Kier alpha value is -0.770. The lowest BCUT2D eigenvalue weighted by Crippen LogP contribution is -2.33. The molecule has 21 heavy (non-hydrogen) atoms. The third kappa shape index (κ3) is 5.85. The molecular formula is C16H24Cl2N2O. The van der Waals surface area contributed by atoms with E-state index in [-0.39, 0.29) is 17.7 Å². The molecule has 1 aromatic rings. The Kier molecular flexibility index (Phi) is 7.50. The molecule has 118 valence electrons. The summed E-state index contributed by atoms with van der Waals surface area (Å²) in [5, 5.41) is 4.01. The van der Waals surface area contributed by atoms with Crippen LogP contribution in [-0.2, 0) is 4.79 Å². The molecule has 1 rings (SSSR count). The fourth-order valence-corrected chi connectivity index (χ4v) is 2.57. The fraction of sp³-hybridized carbons (Fsp3) is 0.562. The molecule has 1 unspecified atom stereocenters. The van der Waals surface area contributed by atoms with E-state index in [4.69, 9.17) is 23.2 Å². The zero-order valence-corrected chi connectivity index (χ0v) is 14.6. The van der Waals surface area contributed by atoms with Gasteiger partial charge in [0.25, 0.3) is 0 Å². The summed E-state index contributed by atoms with van der Waals surface area (Å²) in [5.74, 6) is 0.0253. The van der Waals surface area contributed by atoms with Gasteiger partial charge < -0.3 is 10.2 Å². The van der Waals surface area contributed by atoms with Crippen molar-refractivity contribution >= 4 is 29.1 Å². The number of benzene rings is 1. The van der Waals surface area contributed by atoms with Crippen LogP contribution in [0.2, 0.25) is 10.0 Å². The SMILES string of the molecule is CC(C)C(C(=O)NCCCN(C)C)c1ccc(Cl)c(Cl)c1. The van der Waals surface area contributed by atoms with Gasteiger partial charge in [0.1, 0.15) is 0 Å². The molecule has 1 atom stereocenters. The van der Waals surface area contributed by atoms with E-state index < -0.39 is 0 Å². The molecule has 0 saturated carbocycles. The summed E-state index contributed by atoms with van der Waals surface area (Å²) in [6, 6.07) is 5.40. The van der Waals surface area contributed by atoms with Crippen LogP contribution in [0, 0.1) is 5.92 Å². The van der Waals surface area contributed by atoms with Gasteiger partial charge >= 0.3 is 0 Å². The topological polar surface area (TPSA) is 32.3 Å². The third-order valence-electron chi connectivity index (χ3n) is 3.33. The molecule has 5 heteroatoms. The van der Waals surface area contributed by atoms with E-state index in [9.17, 15) is 4.79 Å². The molecule has 0 bridgehead atoms. The molecule has 1 aromatic carbocycles. The second-order valence-electron chi connectivity index (χ2n) is 5.84. The Morgan fingerprint density at radius 1 is 1.24 bits per heavy atom. The molecule has 0 aliphatic rings. The minimum Gasteiger partial charge on any atom is -0.356 e. The molecule has 0 saturated heterocycles. The minimum absolute atomic E-state index is 0.0437. The van der Waals surface area contributed by atoms with Gasteiger partial charge in [-0.25, -0.2) is 0 Å². The lowest BCUT2D eigenvalue weighted by molar-refractivity contribution is -0.123. The van der Waals surface area contributed by atoms with Crippen molar-refractivity contribution in [3.63, 3.8) is 0 Å². The predicted octanol–water partition coefficient (Wildman–Crippen LogP) is 3.80. The van der Waals surface area contributed by atoms with Gasteiger partial charge in [-0.2, -0.15) is 0 Å². The summed E-state index contributed by atoms with van der Waals surface area (Å²) in [6.07, 6.45) is 0.935. The Labute approximate surface area is 137 Å². The number of carbonyl (C=O) groups is 1. The Morgan fingerprint density at radius 2 is 1.90 bits per heavy atom. The summed E-state index contributed by atoms with van der Waals surface area (Å²) in [7, 11) is 4.04. The fourth-order valence-electron chi connectivity index (χ4n) is 2.26. The first kappa shape index (κ1) is 18.3. The zero-order valence-electron chi connectivity index (χ0n) is 13.1. The highest BCUT2D eigenvalue weighted by atomic mass is 35.5. The van der Waals surface area contributed by atoms with Crippen molar-refractivity contribution in [2.45, 2.75) is 26.2 Å². The van der Waals surface area contributed by atoms with Gasteiger partial charge in [-0.05, 0) is 50.7 Å². The van der Waals surface area contributed by atoms with Gasteiger partial charge in [0.15, 0.2) is 0 Å². The average molecular weight is 331 g/mol. The number of halogens is 2. The number of nitrogens with zero attached hydrogens (tertiary/aromatic N) is 1. The maximum atomic E-state index is 12.4. The van der Waals surface area contributed by atoms with Crippen LogP contribution in [0.1, 0.15) is 31.7 Å². The summed E-state index contributed by atoms with van der Waals surface area (Å²) in [5.41, 5.74) is 0.907. The van der Waals surface area contributed by atoms with Gasteiger partial charge in [0, 0.05) is 6.54 Å². The first-order chi connectivity index (χ1) is 9.82. The molecule has 0 heterocycles. The quantitative estimate of drug-likeness (QED) is 0.771. The number of carbonyl (C=O) groups excluding carboxylic acids is 1. The maximum absolute atomic E-state index is 12.4. The maximum Gasteiger partial charge on any atom is 0.227 e. The molecule has 1 amide bonds. The van der Waals surface area contributed by atoms with Crippen molar-refractivity contribution in [2.75, 3.05) is 27.2 Å². The number of rotatable bonds is 7. The van der Waals surface area contributed by atoms with Gasteiger partial charge in [-0.15, -0.1) is 0 Å². The minimum atomic E-state index is -0.209. The molecule has 0 aliphatic heterocycles. The van der Waals surface area contributed by atoms with Gasteiger partial charge in [0.05, 0.1) is 16.0 Å². The Balaban J connectivity index is 2.72. The van der Waals surface area contributed by atoms with Gasteiger partial charge in [0.2, 0.25) is 5.91 Å². The summed E-state index contributed by atoms with van der Waals surface area (Å²) in [6.45, 7) is 5.71. The highest BCUT2D eigenvalue weighted by Gasteiger charge is 2.24. The molecule has 1 N–H and O–H groups in total. The van der Waals surface area contributed by atoms with Crippen LogP contribution in [0.25, 0.3) is 0 Å². The van der Waals surface area contributed by atoms with E-state index in [1.807, 2.05) is 34.0 Å². The van der Waals surface area contributed by atoms with E-state index >= 15 is 0 Å². The second kappa shape index (κ2) is 8.62. The van der Waals surface area contributed by atoms with E-state index in [0.29, 0.717) is 16.6 Å². The van der Waals surface area contributed by atoms with Gasteiger partial charge in [-0.1, -0.05) is 43.1 Å². The van der Waals surface area contributed by atoms with Crippen LogP contribution >= 0.6 is 23.2 Å². The van der Waals surface area contributed by atoms with Crippen LogP contribution in [0.15, 0.2) is 18.2 Å². The summed E-state index contributed by atoms with van der Waals surface area (Å²) >= 11 is 12.0. The van der Waals surface area contributed by atoms with Crippen molar-refractivity contribution in [3.8, 4) is 0 Å². The van der Waals surface area contributed by atoms with E-state index in [0.717, 1.165) is 18.5 Å². The summed E-state index contributed by atoms with van der Waals surface area (Å²) < 4.78 is 0. The van der Waals surface area contributed by atoms with Crippen molar-refractivity contribution in [3.05, 3.63) is 33.8 Å². The second-order valence-corrected chi connectivity index (χ2v) is 6.66. The standard InChI is InChI=1S/C16H24Cl2N2O/c1-11(2)15(12-6-7-13(17)14(18)10-12)16(21)19-8-5-9-20(3)4/h6-7,10-11,15H,5,8-9H2,1-4H3,(H,19,21). The van der Waals surface area contributed by atoms with Crippen molar-refractivity contribution in [1.82, 2.24) is 10.2 Å². The average Bonchev–Trinajstić information content (AvgIpc) is 2.38. The summed E-state index contributed by atoms with van der Waals surface area (Å²) in [4.78, 5) is 14.5. The molecule has 0 aliphatic carbocycles. The van der Waals surface area contributed by atoms with Crippen molar-refractivity contribution in [1.29, 1.82) is 0 Å². The highest BCUT2D eigenvalue weighted by molar-refractivity contribution is 6.42. The first-order valence-electron chi connectivity index (χ1n) is 7.20. The first-order valence-corrected chi connectivity index (χ1v) is 7.96. The normalized spacial score (nSPS) is 12.8.